The Morgan fingerprint density at radius 3 is 2.23 bits per heavy atom. The van der Waals surface area contributed by atoms with Crippen LogP contribution in [0.15, 0.2) is 57.4 Å². The van der Waals surface area contributed by atoms with E-state index in [-0.39, 0.29) is 43.4 Å². The van der Waals surface area contributed by atoms with Gasteiger partial charge in [0.15, 0.2) is 14.6 Å². The number of pyridine rings is 1. The van der Waals surface area contributed by atoms with E-state index in [1.807, 2.05) is 0 Å². The van der Waals surface area contributed by atoms with Crippen molar-refractivity contribution < 1.29 is 36.3 Å². The van der Waals surface area contributed by atoms with Crippen LogP contribution in [0.1, 0.15) is 18.4 Å². The Kier molecular flexibility index (Phi) is 7.98. The number of halogens is 4. The largest absolute Gasteiger partial charge is 0.417 e. The van der Waals surface area contributed by atoms with Gasteiger partial charge < -0.3 is 4.74 Å². The Morgan fingerprint density at radius 2 is 1.74 bits per heavy atom. The zero-order chi connectivity index (χ0) is 22.0. The first-order valence-electron chi connectivity index (χ1n) is 8.68. The second kappa shape index (κ2) is 9.74. The van der Waals surface area contributed by atoms with Crippen molar-refractivity contribution in [2.75, 3.05) is 13.2 Å². The summed E-state index contributed by atoms with van der Waals surface area (Å²) in [5.41, 5.74) is 0.581. The molecule has 2 N–H and O–H groups in total. The fourth-order valence-electron chi connectivity index (χ4n) is 3.06. The molecule has 0 unspecified atom stereocenters. The Hall–Kier alpha value is -1.86. The molecule has 0 radical (unpaired) electrons. The molecule has 1 amide bonds. The molecule has 170 valence electrons. The van der Waals surface area contributed by atoms with Crippen LogP contribution < -0.4 is 5.48 Å². The molecule has 1 saturated heterocycles. The lowest BCUT2D eigenvalue weighted by molar-refractivity contribution is -0.138. The summed E-state index contributed by atoms with van der Waals surface area (Å²) >= 11 is 1.06. The predicted molar refractivity (Wildman–Crippen MR) is 107 cm³/mol. The van der Waals surface area contributed by atoms with Gasteiger partial charge in [-0.25, -0.2) is 18.9 Å². The molecule has 3 rings (SSSR count). The van der Waals surface area contributed by atoms with Crippen LogP contribution in [0.25, 0.3) is 0 Å². The van der Waals surface area contributed by atoms with Gasteiger partial charge in [-0.05, 0) is 49.2 Å². The van der Waals surface area contributed by atoms with Crippen LogP contribution in [0.5, 0.6) is 0 Å². The van der Waals surface area contributed by atoms with Gasteiger partial charge in [-0.15, -0.1) is 12.4 Å². The average Bonchev–Trinajstić information content (AvgIpc) is 2.73. The van der Waals surface area contributed by atoms with E-state index in [1.165, 1.54) is 35.8 Å². The highest BCUT2D eigenvalue weighted by atomic mass is 35.5. The van der Waals surface area contributed by atoms with E-state index in [9.17, 15) is 26.4 Å². The summed E-state index contributed by atoms with van der Waals surface area (Å²) in [4.78, 5) is 16.4. The molecule has 1 aromatic carbocycles. The van der Waals surface area contributed by atoms with Gasteiger partial charge in [0, 0.05) is 24.3 Å². The van der Waals surface area contributed by atoms with Gasteiger partial charge >= 0.3 is 6.18 Å². The van der Waals surface area contributed by atoms with Crippen molar-refractivity contribution in [3.63, 3.8) is 0 Å². The number of carbonyl (C=O) groups is 1. The van der Waals surface area contributed by atoms with E-state index >= 15 is 0 Å². The number of ether oxygens (including phenoxy) is 1. The molecule has 7 nitrogen and oxygen atoms in total. The third kappa shape index (κ3) is 5.14. The van der Waals surface area contributed by atoms with Crippen LogP contribution in [-0.2, 0) is 25.5 Å². The minimum Gasteiger partial charge on any atom is -0.381 e. The van der Waals surface area contributed by atoms with E-state index in [1.54, 1.807) is 0 Å². The first kappa shape index (κ1) is 25.4. The summed E-state index contributed by atoms with van der Waals surface area (Å²) in [6, 6.07) is 7.70. The number of alkyl halides is 3. The van der Waals surface area contributed by atoms with Crippen molar-refractivity contribution in [2.24, 2.45) is 0 Å². The lowest BCUT2D eigenvalue weighted by Crippen LogP contribution is -2.54. The molecule has 0 aliphatic carbocycles. The Balaban J connectivity index is 0.00000341. The molecule has 13 heteroatoms. The van der Waals surface area contributed by atoms with Gasteiger partial charge in [0.05, 0.1) is 10.5 Å². The fraction of sp³-hybridized carbons (Fsp3) is 0.333. The number of hydroxylamine groups is 1. The van der Waals surface area contributed by atoms with E-state index in [4.69, 9.17) is 9.94 Å². The molecule has 1 aromatic heterocycles. The third-order valence-corrected chi connectivity index (χ3v) is 8.22. The van der Waals surface area contributed by atoms with Gasteiger partial charge in [-0.2, -0.15) is 13.2 Å². The first-order chi connectivity index (χ1) is 14.1. The van der Waals surface area contributed by atoms with Crippen molar-refractivity contribution in [2.45, 2.75) is 38.6 Å². The van der Waals surface area contributed by atoms with E-state index in [0.29, 0.717) is 9.92 Å². The van der Waals surface area contributed by atoms with Crippen LogP contribution in [0.4, 0.5) is 13.2 Å². The van der Waals surface area contributed by atoms with Gasteiger partial charge in [-0.1, -0.05) is 11.8 Å². The van der Waals surface area contributed by atoms with Crippen LogP contribution in [-0.4, -0.2) is 42.5 Å². The minimum atomic E-state index is -4.48. The number of amides is 1. The van der Waals surface area contributed by atoms with E-state index < -0.39 is 32.2 Å². The normalized spacial score (nSPS) is 16.3. The number of aromatic nitrogens is 1. The van der Waals surface area contributed by atoms with E-state index in [2.05, 4.69) is 4.98 Å². The number of benzene rings is 1. The van der Waals surface area contributed by atoms with Crippen LogP contribution >= 0.6 is 24.2 Å². The first-order valence-corrected chi connectivity index (χ1v) is 11.0. The summed E-state index contributed by atoms with van der Waals surface area (Å²) < 4.78 is 67.5. The Labute approximate surface area is 186 Å². The zero-order valence-electron chi connectivity index (χ0n) is 15.8. The minimum absolute atomic E-state index is 0. The highest BCUT2D eigenvalue weighted by Crippen LogP contribution is 2.37. The standard InChI is InChI=1S/C18H17F3N2O5S2.ClH/c19-18(20,21)12-1-6-15(22-11-12)29-13-2-4-14(5-3-13)30(26,27)17(16(24)23-25)7-9-28-10-8-17;/h1-6,11,25H,7-10H2,(H,23,24);1H. The molecular weight excluding hydrogens is 481 g/mol. The summed E-state index contributed by atoms with van der Waals surface area (Å²) in [5, 5.41) is 9.36. The maximum Gasteiger partial charge on any atom is 0.417 e. The average molecular weight is 499 g/mol. The lowest BCUT2D eigenvalue weighted by atomic mass is 9.98. The number of rotatable bonds is 5. The van der Waals surface area contributed by atoms with Crippen molar-refractivity contribution in [1.82, 2.24) is 10.5 Å². The fourth-order valence-corrected chi connectivity index (χ4v) is 5.76. The number of sulfone groups is 1. The maximum atomic E-state index is 13.2. The molecule has 0 bridgehead atoms. The summed E-state index contributed by atoms with van der Waals surface area (Å²) in [6.45, 7) is 0.111. The highest BCUT2D eigenvalue weighted by molar-refractivity contribution is 7.99. The summed E-state index contributed by atoms with van der Waals surface area (Å²) in [7, 11) is -4.15. The van der Waals surface area contributed by atoms with Gasteiger partial charge in [0.2, 0.25) is 0 Å². The Morgan fingerprint density at radius 1 is 1.13 bits per heavy atom. The van der Waals surface area contributed by atoms with Crippen LogP contribution in [0.2, 0.25) is 0 Å². The predicted octanol–water partition coefficient (Wildman–Crippen LogP) is 3.50. The molecule has 1 aliphatic rings. The van der Waals surface area contributed by atoms with Crippen molar-refractivity contribution in [1.29, 1.82) is 0 Å². The quantitative estimate of drug-likeness (QED) is 0.480. The smallest absolute Gasteiger partial charge is 0.381 e. The topological polar surface area (TPSA) is 106 Å². The monoisotopic (exact) mass is 498 g/mol. The molecule has 0 atom stereocenters. The number of nitrogens with zero attached hydrogens (tertiary/aromatic N) is 1. The second-order valence-corrected chi connectivity index (χ2v) is 9.86. The zero-order valence-corrected chi connectivity index (χ0v) is 18.2. The highest BCUT2D eigenvalue weighted by Gasteiger charge is 2.52. The molecular formula is C18H18ClF3N2O5S2. The lowest BCUT2D eigenvalue weighted by Gasteiger charge is -2.34. The van der Waals surface area contributed by atoms with Gasteiger partial charge in [0.25, 0.3) is 5.91 Å². The van der Waals surface area contributed by atoms with Crippen molar-refractivity contribution in [3.05, 3.63) is 48.2 Å². The molecule has 0 saturated carbocycles. The molecule has 1 fully saturated rings. The number of carbonyl (C=O) groups excluding carboxylic acids is 1. The second-order valence-electron chi connectivity index (χ2n) is 6.51. The van der Waals surface area contributed by atoms with Crippen molar-refractivity contribution >= 4 is 39.9 Å². The third-order valence-electron chi connectivity index (χ3n) is 4.75. The summed E-state index contributed by atoms with van der Waals surface area (Å²) in [5.74, 6) is -1.02. The van der Waals surface area contributed by atoms with Crippen LogP contribution in [0, 0.1) is 0 Å². The number of nitrogens with one attached hydrogen (secondary N) is 1. The van der Waals surface area contributed by atoms with Crippen LogP contribution in [0.3, 0.4) is 0 Å². The SMILES string of the molecule is Cl.O=C(NO)C1(S(=O)(=O)c2ccc(Sc3ccc(C(F)(F)F)cn3)cc2)CCOCC1. The maximum absolute atomic E-state index is 13.2. The molecule has 2 heterocycles. The number of hydrogen-bond donors (Lipinski definition) is 2. The molecule has 2 aromatic rings. The molecule has 1 aliphatic heterocycles. The molecule has 0 spiro atoms. The van der Waals surface area contributed by atoms with Gasteiger partial charge in [0.1, 0.15) is 5.03 Å². The van der Waals surface area contributed by atoms with Gasteiger partial charge in [-0.3, -0.25) is 10.0 Å². The van der Waals surface area contributed by atoms with E-state index in [0.717, 1.165) is 24.0 Å². The summed E-state index contributed by atoms with van der Waals surface area (Å²) in [6.07, 6.45) is -3.96. The van der Waals surface area contributed by atoms with Crippen molar-refractivity contribution in [3.8, 4) is 0 Å². The Bertz CT molecular complexity index is 1010. The number of hydrogen-bond acceptors (Lipinski definition) is 7. The molecule has 31 heavy (non-hydrogen) atoms.